The first kappa shape index (κ1) is 11.5. The molecule has 0 amide bonds. The Balaban J connectivity index is 2.35. The van der Waals surface area contributed by atoms with Gasteiger partial charge in [-0.1, -0.05) is 0 Å². The van der Waals surface area contributed by atoms with Crippen molar-refractivity contribution in [3.8, 4) is 11.8 Å². The summed E-state index contributed by atoms with van der Waals surface area (Å²) in [4.78, 5) is 2.17. The van der Waals surface area contributed by atoms with Gasteiger partial charge in [0.15, 0.2) is 0 Å². The summed E-state index contributed by atoms with van der Waals surface area (Å²) in [6.07, 6.45) is 2.51. The molecular weight excluding hydrogens is 178 g/mol. The zero-order valence-corrected chi connectivity index (χ0v) is 8.79. The number of rotatable bonds is 3. The fourth-order valence-corrected chi connectivity index (χ4v) is 1.86. The highest BCUT2D eigenvalue weighted by molar-refractivity contribution is 4.96. The zero-order valence-electron chi connectivity index (χ0n) is 8.79. The average molecular weight is 197 g/mol. The van der Waals surface area contributed by atoms with Gasteiger partial charge in [0.2, 0.25) is 0 Å². The van der Waals surface area contributed by atoms with Crippen LogP contribution in [0.4, 0.5) is 0 Å². The summed E-state index contributed by atoms with van der Waals surface area (Å²) in [6, 6.07) is 0. The van der Waals surface area contributed by atoms with Crippen LogP contribution < -0.4 is 0 Å². The van der Waals surface area contributed by atoms with Gasteiger partial charge in [-0.05, 0) is 26.3 Å². The smallest absolute Gasteiger partial charge is 0.100 e. The van der Waals surface area contributed by atoms with Crippen LogP contribution in [0.1, 0.15) is 26.2 Å². The highest BCUT2D eigenvalue weighted by Crippen LogP contribution is 2.20. The number of aliphatic hydroxyl groups excluding tert-OH is 1. The quantitative estimate of drug-likeness (QED) is 0.636. The molecule has 1 fully saturated rings. The van der Waals surface area contributed by atoms with Crippen molar-refractivity contribution in [2.75, 3.05) is 26.2 Å². The highest BCUT2D eigenvalue weighted by atomic mass is 16.3. The van der Waals surface area contributed by atoms with E-state index in [0.717, 1.165) is 25.9 Å². The molecule has 1 aliphatic heterocycles. The number of likely N-dealkylation sites (tertiary alicyclic amines) is 1. The van der Waals surface area contributed by atoms with Crippen molar-refractivity contribution in [3.63, 3.8) is 0 Å². The zero-order chi connectivity index (χ0) is 10.4. The van der Waals surface area contributed by atoms with Gasteiger partial charge < -0.3 is 10.2 Å². The topological polar surface area (TPSA) is 43.7 Å². The number of aliphatic hydroxyl groups is 2. The molecule has 0 saturated carbocycles. The van der Waals surface area contributed by atoms with E-state index in [1.54, 1.807) is 0 Å². The van der Waals surface area contributed by atoms with E-state index in [1.807, 2.05) is 6.92 Å². The Bertz CT molecular complexity index is 231. The second-order valence-corrected chi connectivity index (χ2v) is 3.94. The number of nitrogens with zero attached hydrogens (tertiary/aromatic N) is 1. The van der Waals surface area contributed by atoms with Crippen LogP contribution in [0.25, 0.3) is 0 Å². The van der Waals surface area contributed by atoms with Crippen LogP contribution >= 0.6 is 0 Å². The first-order valence-corrected chi connectivity index (χ1v) is 5.15. The van der Waals surface area contributed by atoms with Crippen molar-refractivity contribution in [3.05, 3.63) is 0 Å². The third-order valence-electron chi connectivity index (χ3n) is 2.66. The molecule has 3 heteroatoms. The molecule has 0 aromatic heterocycles. The van der Waals surface area contributed by atoms with Crippen molar-refractivity contribution in [1.29, 1.82) is 0 Å². The minimum absolute atomic E-state index is 0.136. The van der Waals surface area contributed by atoms with Gasteiger partial charge in [0.25, 0.3) is 0 Å². The first-order valence-electron chi connectivity index (χ1n) is 5.15. The Kier molecular flexibility index (Phi) is 4.40. The van der Waals surface area contributed by atoms with Gasteiger partial charge in [-0.25, -0.2) is 0 Å². The Hall–Kier alpha value is -0.560. The van der Waals surface area contributed by atoms with E-state index in [1.165, 1.54) is 0 Å². The van der Waals surface area contributed by atoms with Crippen molar-refractivity contribution in [2.45, 2.75) is 31.8 Å². The van der Waals surface area contributed by atoms with Gasteiger partial charge in [-0.2, -0.15) is 0 Å². The summed E-state index contributed by atoms with van der Waals surface area (Å²) >= 11 is 0. The molecule has 3 nitrogen and oxygen atoms in total. The molecule has 1 aliphatic rings. The standard InChI is InChI=1S/C11H19NO2/c1-2-3-4-7-12-8-5-6-11(14,9-12)10-13/h13-14H,4-10H2,1H3. The van der Waals surface area contributed by atoms with E-state index >= 15 is 0 Å². The molecule has 1 heterocycles. The van der Waals surface area contributed by atoms with Crippen LogP contribution in [0.2, 0.25) is 0 Å². The highest BCUT2D eigenvalue weighted by Gasteiger charge is 2.31. The molecule has 1 unspecified atom stereocenters. The molecule has 0 radical (unpaired) electrons. The van der Waals surface area contributed by atoms with E-state index in [4.69, 9.17) is 5.11 Å². The van der Waals surface area contributed by atoms with Crippen LogP contribution in [0.5, 0.6) is 0 Å². The SMILES string of the molecule is CC#CCCN1CCCC(O)(CO)C1. The van der Waals surface area contributed by atoms with Crippen LogP contribution in [0.15, 0.2) is 0 Å². The van der Waals surface area contributed by atoms with E-state index in [-0.39, 0.29) is 6.61 Å². The molecule has 0 aliphatic carbocycles. The summed E-state index contributed by atoms with van der Waals surface area (Å²) < 4.78 is 0. The molecule has 0 aromatic rings. The Morgan fingerprint density at radius 3 is 2.93 bits per heavy atom. The largest absolute Gasteiger partial charge is 0.393 e. The lowest BCUT2D eigenvalue weighted by Gasteiger charge is -2.37. The van der Waals surface area contributed by atoms with Gasteiger partial charge in [-0.3, -0.25) is 4.90 Å². The lowest BCUT2D eigenvalue weighted by atomic mass is 9.94. The lowest BCUT2D eigenvalue weighted by Crippen LogP contribution is -2.50. The van der Waals surface area contributed by atoms with Crippen molar-refractivity contribution < 1.29 is 10.2 Å². The van der Waals surface area contributed by atoms with Crippen LogP contribution in [0, 0.1) is 11.8 Å². The lowest BCUT2D eigenvalue weighted by molar-refractivity contribution is -0.0662. The predicted molar refractivity (Wildman–Crippen MR) is 55.8 cm³/mol. The minimum Gasteiger partial charge on any atom is -0.393 e. The van der Waals surface area contributed by atoms with Crippen LogP contribution in [0.3, 0.4) is 0 Å². The fourth-order valence-electron chi connectivity index (χ4n) is 1.86. The molecule has 0 spiro atoms. The Morgan fingerprint density at radius 1 is 1.50 bits per heavy atom. The third-order valence-corrected chi connectivity index (χ3v) is 2.66. The van der Waals surface area contributed by atoms with Crippen LogP contribution in [-0.4, -0.2) is 47.0 Å². The summed E-state index contributed by atoms with van der Waals surface area (Å²) in [6.45, 7) is 4.18. The van der Waals surface area contributed by atoms with Gasteiger partial charge in [0.1, 0.15) is 5.60 Å². The molecule has 80 valence electrons. The maximum atomic E-state index is 9.88. The monoisotopic (exact) mass is 197 g/mol. The van der Waals surface area contributed by atoms with Crippen molar-refractivity contribution in [1.82, 2.24) is 4.90 Å². The van der Waals surface area contributed by atoms with E-state index in [0.29, 0.717) is 13.0 Å². The molecule has 14 heavy (non-hydrogen) atoms. The Morgan fingerprint density at radius 2 is 2.29 bits per heavy atom. The van der Waals surface area contributed by atoms with Gasteiger partial charge >= 0.3 is 0 Å². The summed E-state index contributed by atoms with van der Waals surface area (Å²) in [7, 11) is 0. The van der Waals surface area contributed by atoms with E-state index in [2.05, 4.69) is 16.7 Å². The molecule has 1 saturated heterocycles. The maximum Gasteiger partial charge on any atom is 0.100 e. The maximum absolute atomic E-state index is 9.88. The normalized spacial score (nSPS) is 28.2. The molecule has 0 bridgehead atoms. The summed E-state index contributed by atoms with van der Waals surface area (Å²) in [5, 5.41) is 18.9. The number of piperidine rings is 1. The third kappa shape index (κ3) is 3.30. The van der Waals surface area contributed by atoms with Gasteiger partial charge in [0, 0.05) is 19.5 Å². The predicted octanol–water partition coefficient (Wildman–Crippen LogP) is 0.219. The van der Waals surface area contributed by atoms with E-state index in [9.17, 15) is 5.11 Å². The number of β-amino-alcohol motifs (C(OH)–C–C–N with tert-alkyl or cyclic N) is 1. The van der Waals surface area contributed by atoms with Gasteiger partial charge in [0.05, 0.1) is 6.61 Å². The molecular formula is C11H19NO2. The summed E-state index contributed by atoms with van der Waals surface area (Å²) in [5.41, 5.74) is -0.877. The molecule has 1 rings (SSSR count). The van der Waals surface area contributed by atoms with Crippen LogP contribution in [-0.2, 0) is 0 Å². The number of hydrogen-bond acceptors (Lipinski definition) is 3. The number of hydrogen-bond donors (Lipinski definition) is 2. The van der Waals surface area contributed by atoms with Gasteiger partial charge in [-0.15, -0.1) is 11.8 Å². The molecule has 1 atom stereocenters. The molecule has 2 N–H and O–H groups in total. The molecule has 0 aromatic carbocycles. The minimum atomic E-state index is -0.877. The fraction of sp³-hybridized carbons (Fsp3) is 0.818. The Labute approximate surface area is 85.7 Å². The van der Waals surface area contributed by atoms with Crippen molar-refractivity contribution >= 4 is 0 Å². The summed E-state index contributed by atoms with van der Waals surface area (Å²) in [5.74, 6) is 5.86. The average Bonchev–Trinajstić information content (AvgIpc) is 2.19. The van der Waals surface area contributed by atoms with E-state index < -0.39 is 5.60 Å². The second kappa shape index (κ2) is 5.35. The first-order chi connectivity index (χ1) is 6.70. The second-order valence-electron chi connectivity index (χ2n) is 3.94. The van der Waals surface area contributed by atoms with Crippen molar-refractivity contribution in [2.24, 2.45) is 0 Å².